The minimum atomic E-state index is -0.232. The van der Waals surface area contributed by atoms with Crippen LogP contribution in [0.5, 0.6) is 5.88 Å². The first-order valence-electron chi connectivity index (χ1n) is 6.51. The number of aromatic nitrogens is 2. The highest BCUT2D eigenvalue weighted by Crippen LogP contribution is 2.22. The molecular weight excluding hydrogens is 292 g/mol. The minimum Gasteiger partial charge on any atom is -0.480 e. The molecule has 0 saturated carbocycles. The Morgan fingerprint density at radius 2 is 2.33 bits per heavy atom. The molecule has 0 unspecified atom stereocenters. The molecule has 0 bridgehead atoms. The maximum absolute atomic E-state index is 12.2. The summed E-state index contributed by atoms with van der Waals surface area (Å²) in [7, 11) is 3.27. The Bertz CT molecular complexity index is 623. The zero-order chi connectivity index (χ0) is 15.4. The largest absolute Gasteiger partial charge is 0.480 e. The van der Waals surface area contributed by atoms with Crippen molar-refractivity contribution in [1.82, 2.24) is 14.4 Å². The predicted molar refractivity (Wildman–Crippen MR) is 79.8 cm³/mol. The molecule has 0 atom stereocenters. The van der Waals surface area contributed by atoms with E-state index in [1.807, 2.05) is 12.3 Å². The summed E-state index contributed by atoms with van der Waals surface area (Å²) in [6.07, 6.45) is 0.669. The van der Waals surface area contributed by atoms with Crippen molar-refractivity contribution in [3.05, 3.63) is 22.4 Å². The van der Waals surface area contributed by atoms with E-state index < -0.39 is 0 Å². The topological polar surface area (TPSA) is 80.5 Å². The number of hydrogen-bond donors (Lipinski definition) is 1. The average Bonchev–Trinajstić information content (AvgIpc) is 3.06. The third-order valence-corrected chi connectivity index (χ3v) is 3.70. The Morgan fingerprint density at radius 3 is 3.00 bits per heavy atom. The molecule has 0 aliphatic carbocycles. The van der Waals surface area contributed by atoms with Crippen LogP contribution in [0.4, 0.5) is 10.5 Å². The van der Waals surface area contributed by atoms with Gasteiger partial charge in [0.15, 0.2) is 5.76 Å². The quantitative estimate of drug-likeness (QED) is 0.918. The summed E-state index contributed by atoms with van der Waals surface area (Å²) in [4.78, 5) is 13.8. The molecule has 1 N–H and O–H groups in total. The number of amides is 2. The van der Waals surface area contributed by atoms with E-state index in [9.17, 15) is 4.79 Å². The summed E-state index contributed by atoms with van der Waals surface area (Å²) in [6.45, 7) is 4.16. The van der Waals surface area contributed by atoms with Crippen molar-refractivity contribution in [2.45, 2.75) is 26.8 Å². The second-order valence-corrected chi connectivity index (χ2v) is 5.18. The number of carbonyl (C=O) groups is 1. The second-order valence-electron chi connectivity index (χ2n) is 4.55. The fraction of sp³-hybridized carbons (Fsp3) is 0.462. The van der Waals surface area contributed by atoms with E-state index in [1.165, 1.54) is 11.5 Å². The molecule has 7 nitrogen and oxygen atoms in total. The molecule has 0 aromatic carbocycles. The van der Waals surface area contributed by atoms with Crippen molar-refractivity contribution >= 4 is 23.3 Å². The van der Waals surface area contributed by atoms with Crippen LogP contribution in [0.2, 0.25) is 0 Å². The van der Waals surface area contributed by atoms with Gasteiger partial charge in [0.05, 0.1) is 13.7 Å². The number of ether oxygens (including phenoxy) is 1. The smallest absolute Gasteiger partial charge is 0.322 e. The molecule has 2 aromatic rings. The van der Waals surface area contributed by atoms with Gasteiger partial charge >= 0.3 is 6.03 Å². The van der Waals surface area contributed by atoms with Crippen molar-refractivity contribution in [1.29, 1.82) is 0 Å². The van der Waals surface area contributed by atoms with E-state index in [-0.39, 0.29) is 6.03 Å². The molecule has 2 rings (SSSR count). The molecule has 0 radical (unpaired) electrons. The zero-order valence-electron chi connectivity index (χ0n) is 12.5. The van der Waals surface area contributed by atoms with Crippen molar-refractivity contribution in [3.8, 4) is 5.88 Å². The van der Waals surface area contributed by atoms with Crippen molar-refractivity contribution in [3.63, 3.8) is 0 Å². The Hall–Kier alpha value is -2.09. The molecule has 2 amide bonds. The van der Waals surface area contributed by atoms with Crippen LogP contribution in [-0.2, 0) is 13.0 Å². The number of aryl methyl sites for hydroxylation is 2. The normalized spacial score (nSPS) is 10.5. The van der Waals surface area contributed by atoms with Crippen molar-refractivity contribution in [2.75, 3.05) is 19.5 Å². The Labute approximate surface area is 127 Å². The molecule has 0 saturated heterocycles. The summed E-state index contributed by atoms with van der Waals surface area (Å²) in [5.74, 6) is 1.22. The van der Waals surface area contributed by atoms with E-state index in [2.05, 4.69) is 14.8 Å². The average molecular weight is 310 g/mol. The van der Waals surface area contributed by atoms with Crippen LogP contribution in [0.15, 0.2) is 9.90 Å². The number of nitrogens with zero attached hydrogens (tertiary/aromatic N) is 3. The van der Waals surface area contributed by atoms with Crippen LogP contribution in [0.25, 0.3) is 0 Å². The molecule has 0 aliphatic heterocycles. The Kier molecular flexibility index (Phi) is 4.79. The molecule has 0 aliphatic rings. The van der Waals surface area contributed by atoms with Gasteiger partial charge < -0.3 is 19.5 Å². The summed E-state index contributed by atoms with van der Waals surface area (Å²) in [5, 5.41) is 8.56. The van der Waals surface area contributed by atoms with Gasteiger partial charge in [0.1, 0.15) is 11.4 Å². The van der Waals surface area contributed by atoms with Gasteiger partial charge in [-0.25, -0.2) is 4.79 Å². The van der Waals surface area contributed by atoms with Crippen LogP contribution < -0.4 is 10.1 Å². The van der Waals surface area contributed by atoms with E-state index in [0.717, 1.165) is 5.56 Å². The molecule has 2 heterocycles. The fourth-order valence-corrected chi connectivity index (χ4v) is 2.51. The molecular formula is C13H18N4O3S. The molecule has 8 heteroatoms. The van der Waals surface area contributed by atoms with Gasteiger partial charge in [-0.05, 0) is 18.5 Å². The molecule has 0 fully saturated rings. The lowest BCUT2D eigenvalue weighted by Crippen LogP contribution is -2.31. The Balaban J connectivity index is 2.04. The van der Waals surface area contributed by atoms with Crippen LogP contribution in [0.1, 0.15) is 23.9 Å². The minimum absolute atomic E-state index is 0.232. The predicted octanol–water partition coefficient (Wildman–Crippen LogP) is 2.67. The first kappa shape index (κ1) is 15.3. The molecule has 2 aromatic heterocycles. The third kappa shape index (κ3) is 3.33. The van der Waals surface area contributed by atoms with Gasteiger partial charge in [0.2, 0.25) is 5.88 Å². The number of nitrogens with one attached hydrogen (secondary N) is 1. The number of rotatable bonds is 5. The molecule has 0 spiro atoms. The third-order valence-electron chi connectivity index (χ3n) is 3.04. The number of carbonyl (C=O) groups excluding carboxylic acids is 1. The van der Waals surface area contributed by atoms with Gasteiger partial charge in [-0.1, -0.05) is 12.1 Å². The van der Waals surface area contributed by atoms with E-state index >= 15 is 0 Å². The summed E-state index contributed by atoms with van der Waals surface area (Å²) in [6, 6.07) is -0.232. The first-order chi connectivity index (χ1) is 10.1. The lowest BCUT2D eigenvalue weighted by Gasteiger charge is -2.17. The standard InChI is InChI=1S/C13H18N4O3S/c1-5-10-11(8(2)15-20-10)14-13(18)17(3)6-9-7-21-16-12(9)19-4/h7H,5-6H2,1-4H3,(H,14,18). The number of methoxy groups -OCH3 is 1. The maximum Gasteiger partial charge on any atom is 0.322 e. The van der Waals surface area contributed by atoms with Crippen molar-refractivity contribution < 1.29 is 14.1 Å². The number of hydrogen-bond acceptors (Lipinski definition) is 6. The summed E-state index contributed by atoms with van der Waals surface area (Å²) in [5.41, 5.74) is 2.19. The van der Waals surface area contributed by atoms with Crippen molar-refractivity contribution in [2.24, 2.45) is 0 Å². The lowest BCUT2D eigenvalue weighted by molar-refractivity contribution is 0.220. The molecule has 21 heavy (non-hydrogen) atoms. The Morgan fingerprint density at radius 1 is 1.57 bits per heavy atom. The van der Waals surface area contributed by atoms with E-state index in [0.29, 0.717) is 36.0 Å². The van der Waals surface area contributed by atoms with Gasteiger partial charge in [-0.2, -0.15) is 4.37 Å². The van der Waals surface area contributed by atoms with Crippen LogP contribution in [-0.4, -0.2) is 34.6 Å². The van der Waals surface area contributed by atoms with E-state index in [4.69, 9.17) is 9.26 Å². The monoisotopic (exact) mass is 310 g/mol. The summed E-state index contributed by atoms with van der Waals surface area (Å²) < 4.78 is 14.4. The highest BCUT2D eigenvalue weighted by molar-refractivity contribution is 7.03. The highest BCUT2D eigenvalue weighted by Gasteiger charge is 2.18. The highest BCUT2D eigenvalue weighted by atomic mass is 32.1. The SMILES string of the molecule is CCc1onc(C)c1NC(=O)N(C)Cc1csnc1OC. The zero-order valence-corrected chi connectivity index (χ0v) is 13.3. The second kappa shape index (κ2) is 6.57. The fourth-order valence-electron chi connectivity index (χ4n) is 1.87. The summed E-state index contributed by atoms with van der Waals surface area (Å²) >= 11 is 1.30. The van der Waals surface area contributed by atoms with Gasteiger partial charge in [-0.15, -0.1) is 0 Å². The van der Waals surface area contributed by atoms with Crippen LogP contribution >= 0.6 is 11.5 Å². The maximum atomic E-state index is 12.2. The number of urea groups is 1. The van der Waals surface area contributed by atoms with E-state index in [1.54, 1.807) is 26.0 Å². The van der Waals surface area contributed by atoms with Gasteiger partial charge in [-0.3, -0.25) is 0 Å². The van der Waals surface area contributed by atoms with Gasteiger partial charge in [0.25, 0.3) is 0 Å². The first-order valence-corrected chi connectivity index (χ1v) is 7.35. The molecule has 114 valence electrons. The van der Waals surface area contributed by atoms with Gasteiger partial charge in [0, 0.05) is 24.4 Å². The number of anilines is 1. The van der Waals surface area contributed by atoms with Crippen LogP contribution in [0.3, 0.4) is 0 Å². The lowest BCUT2D eigenvalue weighted by atomic mass is 10.2. The van der Waals surface area contributed by atoms with Crippen LogP contribution in [0, 0.1) is 6.92 Å².